The Morgan fingerprint density at radius 1 is 1.39 bits per heavy atom. The molecule has 18 heavy (non-hydrogen) atoms. The quantitative estimate of drug-likeness (QED) is 0.841. The molecule has 0 saturated heterocycles. The van der Waals surface area contributed by atoms with Gasteiger partial charge in [0.1, 0.15) is 5.82 Å². The van der Waals surface area contributed by atoms with Crippen LogP contribution in [-0.2, 0) is 4.79 Å². The lowest BCUT2D eigenvalue weighted by Gasteiger charge is -2.34. The summed E-state index contributed by atoms with van der Waals surface area (Å²) in [6.07, 6.45) is 3.77. The summed E-state index contributed by atoms with van der Waals surface area (Å²) in [5, 5.41) is 3.01. The van der Waals surface area contributed by atoms with Crippen LogP contribution in [0.25, 0.3) is 0 Å². The number of rotatable bonds is 5. The number of benzene rings is 1. The van der Waals surface area contributed by atoms with Crippen molar-refractivity contribution in [3.8, 4) is 0 Å². The fraction of sp³-hybridized carbons (Fsp3) is 0.500. The van der Waals surface area contributed by atoms with E-state index in [0.717, 1.165) is 18.4 Å². The molecule has 1 atom stereocenters. The van der Waals surface area contributed by atoms with Gasteiger partial charge in [0, 0.05) is 13.0 Å². The SMILES string of the molecule is NCCC(=O)NC(c1ccc(F)cc1)C1CCC1. The van der Waals surface area contributed by atoms with E-state index in [4.69, 9.17) is 5.73 Å². The van der Waals surface area contributed by atoms with Gasteiger partial charge in [-0.1, -0.05) is 18.6 Å². The minimum atomic E-state index is -0.251. The Kier molecular flexibility index (Phi) is 4.31. The largest absolute Gasteiger partial charge is 0.349 e. The molecule has 1 aromatic carbocycles. The van der Waals surface area contributed by atoms with E-state index < -0.39 is 0 Å². The Labute approximate surface area is 107 Å². The zero-order valence-electron chi connectivity index (χ0n) is 10.4. The molecule has 1 saturated carbocycles. The molecule has 98 valence electrons. The summed E-state index contributed by atoms with van der Waals surface area (Å²) < 4.78 is 12.9. The predicted octanol–water partition coefficient (Wildman–Crippen LogP) is 2.13. The molecule has 3 nitrogen and oxygen atoms in total. The van der Waals surface area contributed by atoms with Crippen molar-refractivity contribution in [1.82, 2.24) is 5.32 Å². The van der Waals surface area contributed by atoms with Gasteiger partial charge in [0.25, 0.3) is 0 Å². The van der Waals surface area contributed by atoms with Crippen LogP contribution in [0.4, 0.5) is 4.39 Å². The molecule has 1 unspecified atom stereocenters. The first kappa shape index (κ1) is 13.0. The third kappa shape index (κ3) is 3.07. The smallest absolute Gasteiger partial charge is 0.221 e. The van der Waals surface area contributed by atoms with Gasteiger partial charge >= 0.3 is 0 Å². The van der Waals surface area contributed by atoms with E-state index in [1.807, 2.05) is 0 Å². The first-order valence-corrected chi connectivity index (χ1v) is 6.45. The fourth-order valence-corrected chi connectivity index (χ4v) is 2.29. The first-order chi connectivity index (χ1) is 8.70. The zero-order chi connectivity index (χ0) is 13.0. The molecule has 1 aromatic rings. The van der Waals surface area contributed by atoms with E-state index in [1.54, 1.807) is 12.1 Å². The summed E-state index contributed by atoms with van der Waals surface area (Å²) in [7, 11) is 0. The second-order valence-electron chi connectivity index (χ2n) is 4.83. The van der Waals surface area contributed by atoms with Gasteiger partial charge in [0.15, 0.2) is 0 Å². The van der Waals surface area contributed by atoms with Crippen LogP contribution >= 0.6 is 0 Å². The lowest BCUT2D eigenvalue weighted by Crippen LogP contribution is -2.36. The van der Waals surface area contributed by atoms with Gasteiger partial charge in [-0.15, -0.1) is 0 Å². The lowest BCUT2D eigenvalue weighted by molar-refractivity contribution is -0.122. The van der Waals surface area contributed by atoms with E-state index in [2.05, 4.69) is 5.32 Å². The molecule has 1 aliphatic carbocycles. The van der Waals surface area contributed by atoms with Crippen LogP contribution in [-0.4, -0.2) is 12.5 Å². The van der Waals surface area contributed by atoms with Crippen molar-refractivity contribution in [1.29, 1.82) is 0 Å². The van der Waals surface area contributed by atoms with E-state index in [9.17, 15) is 9.18 Å². The average Bonchev–Trinajstić information content (AvgIpc) is 2.27. The molecule has 2 rings (SSSR count). The van der Waals surface area contributed by atoms with Gasteiger partial charge in [0.05, 0.1) is 6.04 Å². The molecule has 1 fully saturated rings. The number of hydrogen-bond acceptors (Lipinski definition) is 2. The van der Waals surface area contributed by atoms with Crippen LogP contribution in [0, 0.1) is 11.7 Å². The van der Waals surface area contributed by atoms with Crippen LogP contribution in [0.3, 0.4) is 0 Å². The molecule has 0 heterocycles. The van der Waals surface area contributed by atoms with Crippen molar-refractivity contribution >= 4 is 5.91 Å². The fourth-order valence-electron chi connectivity index (χ4n) is 2.29. The Morgan fingerprint density at radius 3 is 2.56 bits per heavy atom. The van der Waals surface area contributed by atoms with Gasteiger partial charge in [-0.3, -0.25) is 4.79 Å². The highest BCUT2D eigenvalue weighted by atomic mass is 19.1. The molecule has 4 heteroatoms. The van der Waals surface area contributed by atoms with Crippen molar-refractivity contribution in [3.63, 3.8) is 0 Å². The highest BCUT2D eigenvalue weighted by Gasteiger charge is 2.29. The van der Waals surface area contributed by atoms with Gasteiger partial charge in [-0.05, 0) is 36.5 Å². The van der Waals surface area contributed by atoms with Crippen LogP contribution in [0.1, 0.15) is 37.3 Å². The average molecular weight is 250 g/mol. The second-order valence-corrected chi connectivity index (χ2v) is 4.83. The van der Waals surface area contributed by atoms with Gasteiger partial charge in [-0.25, -0.2) is 4.39 Å². The number of nitrogens with one attached hydrogen (secondary N) is 1. The molecule has 0 spiro atoms. The first-order valence-electron chi connectivity index (χ1n) is 6.45. The molecular weight excluding hydrogens is 231 g/mol. The highest BCUT2D eigenvalue weighted by molar-refractivity contribution is 5.76. The normalized spacial score (nSPS) is 17.0. The van der Waals surface area contributed by atoms with Crippen molar-refractivity contribution in [3.05, 3.63) is 35.6 Å². The summed E-state index contributed by atoms with van der Waals surface area (Å²) in [4.78, 5) is 11.7. The monoisotopic (exact) mass is 250 g/mol. The van der Waals surface area contributed by atoms with Crippen LogP contribution in [0.15, 0.2) is 24.3 Å². The third-order valence-corrected chi connectivity index (χ3v) is 3.54. The van der Waals surface area contributed by atoms with Gasteiger partial charge in [0.2, 0.25) is 5.91 Å². The molecule has 1 aliphatic rings. The topological polar surface area (TPSA) is 55.1 Å². The predicted molar refractivity (Wildman–Crippen MR) is 68.3 cm³/mol. The number of amides is 1. The summed E-state index contributed by atoms with van der Waals surface area (Å²) in [6, 6.07) is 6.38. The van der Waals surface area contributed by atoms with Crippen molar-refractivity contribution < 1.29 is 9.18 Å². The molecule has 0 aliphatic heterocycles. The maximum Gasteiger partial charge on any atom is 0.221 e. The van der Waals surface area contributed by atoms with E-state index >= 15 is 0 Å². The minimum Gasteiger partial charge on any atom is -0.349 e. The molecule has 3 N–H and O–H groups in total. The number of nitrogens with two attached hydrogens (primary N) is 1. The van der Waals surface area contributed by atoms with Crippen LogP contribution in [0.2, 0.25) is 0 Å². The van der Waals surface area contributed by atoms with Crippen LogP contribution < -0.4 is 11.1 Å². The Hall–Kier alpha value is -1.42. The summed E-state index contributed by atoms with van der Waals surface area (Å²) in [5.41, 5.74) is 6.35. The Morgan fingerprint density at radius 2 is 2.06 bits per heavy atom. The van der Waals surface area contributed by atoms with E-state index in [1.165, 1.54) is 18.6 Å². The third-order valence-electron chi connectivity index (χ3n) is 3.54. The zero-order valence-corrected chi connectivity index (χ0v) is 10.4. The number of carbonyl (C=O) groups is 1. The molecule has 0 aromatic heterocycles. The van der Waals surface area contributed by atoms with Crippen molar-refractivity contribution in [2.24, 2.45) is 11.7 Å². The summed E-state index contributed by atoms with van der Waals surface area (Å²) in [5.74, 6) is 0.190. The van der Waals surface area contributed by atoms with E-state index in [-0.39, 0.29) is 17.8 Å². The van der Waals surface area contributed by atoms with Gasteiger partial charge < -0.3 is 11.1 Å². The number of halogens is 1. The number of carbonyl (C=O) groups excluding carboxylic acids is 1. The molecule has 1 amide bonds. The Bertz CT molecular complexity index is 401. The maximum absolute atomic E-state index is 12.9. The van der Waals surface area contributed by atoms with E-state index in [0.29, 0.717) is 18.9 Å². The molecular formula is C14H19FN2O. The highest BCUT2D eigenvalue weighted by Crippen LogP contribution is 2.37. The van der Waals surface area contributed by atoms with Crippen molar-refractivity contribution in [2.75, 3.05) is 6.54 Å². The maximum atomic E-state index is 12.9. The molecule has 0 bridgehead atoms. The summed E-state index contributed by atoms with van der Waals surface area (Å²) >= 11 is 0. The van der Waals surface area contributed by atoms with Crippen LogP contribution in [0.5, 0.6) is 0 Å². The van der Waals surface area contributed by atoms with Gasteiger partial charge in [-0.2, -0.15) is 0 Å². The molecule has 0 radical (unpaired) electrons. The lowest BCUT2D eigenvalue weighted by atomic mass is 9.77. The summed E-state index contributed by atoms with van der Waals surface area (Å²) in [6.45, 7) is 0.354. The number of hydrogen-bond donors (Lipinski definition) is 2. The second kappa shape index (κ2) is 5.96. The minimum absolute atomic E-state index is 0.00148. The Balaban J connectivity index is 2.09. The standard InChI is InChI=1S/C14H19FN2O/c15-12-6-4-11(5-7-12)14(10-2-1-3-10)17-13(18)8-9-16/h4-7,10,14H,1-3,8-9,16H2,(H,17,18). The van der Waals surface area contributed by atoms with Crippen molar-refractivity contribution in [2.45, 2.75) is 31.7 Å².